The van der Waals surface area contributed by atoms with Gasteiger partial charge in [0.1, 0.15) is 4.61 Å². The fourth-order valence-corrected chi connectivity index (χ4v) is 0.995. The number of ether oxygens (including phenoxy) is 1. The number of rotatable bonds is 2. The minimum Gasteiger partial charge on any atom is -0.464 e. The Labute approximate surface area is 72.6 Å². The second-order valence-electron chi connectivity index (χ2n) is 1.91. The van der Waals surface area contributed by atoms with E-state index in [9.17, 15) is 4.79 Å². The average molecular weight is 222 g/mol. The summed E-state index contributed by atoms with van der Waals surface area (Å²) < 4.78 is 5.35. The van der Waals surface area contributed by atoms with Crippen LogP contribution in [0.2, 0.25) is 0 Å². The molecule has 1 rings (SSSR count). The summed E-state index contributed by atoms with van der Waals surface area (Å²) >= 11 is 3.12. The lowest BCUT2D eigenvalue weighted by Crippen LogP contribution is -2.24. The van der Waals surface area contributed by atoms with E-state index in [1.165, 1.54) is 0 Å². The van der Waals surface area contributed by atoms with Crippen LogP contribution in [0.25, 0.3) is 0 Å². The molecule has 0 saturated carbocycles. The fraction of sp³-hybridized carbons (Fsp3) is 0.500. The first-order valence-electron chi connectivity index (χ1n) is 3.19. The van der Waals surface area contributed by atoms with Gasteiger partial charge >= 0.3 is 5.97 Å². The highest BCUT2D eigenvalue weighted by molar-refractivity contribution is 9.11. The summed E-state index contributed by atoms with van der Waals surface area (Å²) in [7, 11) is 0. The number of hydrogen-bond acceptors (Lipinski definition) is 4. The molecule has 0 aromatic heterocycles. The van der Waals surface area contributed by atoms with Crippen molar-refractivity contribution in [1.82, 2.24) is 5.48 Å². The SMILES string of the molecule is CCOC(=O)C1C=C(Br)NO1. The fourth-order valence-electron chi connectivity index (χ4n) is 0.661. The zero-order valence-electron chi connectivity index (χ0n) is 5.96. The van der Waals surface area contributed by atoms with Crippen molar-refractivity contribution in [3.8, 4) is 0 Å². The van der Waals surface area contributed by atoms with Crippen LogP contribution in [-0.2, 0) is 14.4 Å². The molecule has 1 atom stereocenters. The molecule has 0 spiro atoms. The predicted molar refractivity (Wildman–Crippen MR) is 41.7 cm³/mol. The predicted octanol–water partition coefficient (Wildman–Crippen LogP) is 0.689. The molecule has 62 valence electrons. The quantitative estimate of drug-likeness (QED) is 0.551. The number of carbonyl (C=O) groups is 1. The molecule has 0 radical (unpaired) electrons. The Morgan fingerprint density at radius 1 is 2.00 bits per heavy atom. The van der Waals surface area contributed by atoms with E-state index in [0.29, 0.717) is 11.2 Å². The van der Waals surface area contributed by atoms with Crippen molar-refractivity contribution in [2.45, 2.75) is 13.0 Å². The monoisotopic (exact) mass is 221 g/mol. The summed E-state index contributed by atoms with van der Waals surface area (Å²) in [5.41, 5.74) is 2.49. The first-order valence-corrected chi connectivity index (χ1v) is 3.99. The van der Waals surface area contributed by atoms with Crippen LogP contribution in [0.4, 0.5) is 0 Å². The van der Waals surface area contributed by atoms with E-state index >= 15 is 0 Å². The Morgan fingerprint density at radius 3 is 3.18 bits per heavy atom. The van der Waals surface area contributed by atoms with Crippen LogP contribution in [0.15, 0.2) is 10.7 Å². The molecule has 0 bridgehead atoms. The highest BCUT2D eigenvalue weighted by Gasteiger charge is 2.23. The number of esters is 1. The third kappa shape index (κ3) is 2.20. The summed E-state index contributed by atoms with van der Waals surface area (Å²) in [5.74, 6) is -0.380. The molecular weight excluding hydrogens is 214 g/mol. The van der Waals surface area contributed by atoms with Gasteiger partial charge in [-0.15, -0.1) is 0 Å². The highest BCUT2D eigenvalue weighted by Crippen LogP contribution is 2.12. The lowest BCUT2D eigenvalue weighted by atomic mass is 10.4. The van der Waals surface area contributed by atoms with Gasteiger partial charge in [0.15, 0.2) is 0 Å². The molecule has 1 aliphatic rings. The van der Waals surface area contributed by atoms with Gasteiger partial charge in [-0.2, -0.15) is 0 Å². The second-order valence-corrected chi connectivity index (χ2v) is 2.76. The molecular formula is C6H8BrNO3. The first-order chi connectivity index (χ1) is 5.24. The summed E-state index contributed by atoms with van der Waals surface area (Å²) in [6, 6.07) is 0. The van der Waals surface area contributed by atoms with E-state index in [1.54, 1.807) is 13.0 Å². The number of nitrogens with one attached hydrogen (secondary N) is 1. The van der Waals surface area contributed by atoms with E-state index in [4.69, 9.17) is 9.57 Å². The average Bonchev–Trinajstić information content (AvgIpc) is 2.36. The van der Waals surface area contributed by atoms with E-state index in [2.05, 4.69) is 21.4 Å². The van der Waals surface area contributed by atoms with Gasteiger partial charge < -0.3 is 4.74 Å². The molecule has 0 aromatic rings. The number of carbonyl (C=O) groups excluding carboxylic acids is 1. The molecule has 5 heteroatoms. The van der Waals surface area contributed by atoms with E-state index in [0.717, 1.165) is 0 Å². The van der Waals surface area contributed by atoms with Crippen LogP contribution in [0.5, 0.6) is 0 Å². The van der Waals surface area contributed by atoms with E-state index < -0.39 is 6.10 Å². The molecule has 0 aromatic carbocycles. The van der Waals surface area contributed by atoms with Crippen LogP contribution < -0.4 is 5.48 Å². The molecule has 0 aliphatic carbocycles. The Balaban J connectivity index is 2.43. The molecule has 1 aliphatic heterocycles. The van der Waals surface area contributed by atoms with Crippen molar-refractivity contribution < 1.29 is 14.4 Å². The number of hydrogen-bond donors (Lipinski definition) is 1. The summed E-state index contributed by atoms with van der Waals surface area (Å²) in [5, 5.41) is 0. The zero-order chi connectivity index (χ0) is 8.27. The molecule has 1 unspecified atom stereocenters. The maximum absolute atomic E-state index is 10.9. The van der Waals surface area contributed by atoms with Gasteiger partial charge in [-0.25, -0.2) is 4.79 Å². The normalized spacial score (nSPS) is 22.4. The summed E-state index contributed by atoms with van der Waals surface area (Å²) in [6.07, 6.45) is 0.974. The first kappa shape index (κ1) is 8.55. The van der Waals surface area contributed by atoms with Gasteiger partial charge in [-0.3, -0.25) is 10.3 Å². The van der Waals surface area contributed by atoms with Crippen molar-refractivity contribution >= 4 is 21.9 Å². The van der Waals surface area contributed by atoms with Crippen molar-refractivity contribution in [3.63, 3.8) is 0 Å². The maximum Gasteiger partial charge on any atom is 0.342 e. The van der Waals surface area contributed by atoms with Gasteiger partial charge in [0.2, 0.25) is 6.10 Å². The van der Waals surface area contributed by atoms with Gasteiger partial charge in [0.05, 0.1) is 6.61 Å². The zero-order valence-corrected chi connectivity index (χ0v) is 7.55. The second kappa shape index (κ2) is 3.73. The molecule has 0 saturated heterocycles. The molecule has 1 N–H and O–H groups in total. The molecule has 4 nitrogen and oxygen atoms in total. The minimum atomic E-state index is -0.621. The Bertz CT molecular complexity index is 192. The lowest BCUT2D eigenvalue weighted by molar-refractivity contribution is -0.154. The standard InChI is InChI=1S/C6H8BrNO3/c1-2-10-6(9)4-3-5(7)8-11-4/h3-4,8H,2H2,1H3. The summed E-state index contributed by atoms with van der Waals surface area (Å²) in [4.78, 5) is 15.8. The van der Waals surface area contributed by atoms with Crippen LogP contribution in [-0.4, -0.2) is 18.7 Å². The molecule has 11 heavy (non-hydrogen) atoms. The van der Waals surface area contributed by atoms with Crippen LogP contribution >= 0.6 is 15.9 Å². The number of hydroxylamine groups is 1. The van der Waals surface area contributed by atoms with Crippen molar-refractivity contribution in [1.29, 1.82) is 0 Å². The maximum atomic E-state index is 10.9. The third-order valence-corrected chi connectivity index (χ3v) is 1.53. The smallest absolute Gasteiger partial charge is 0.342 e. The molecule has 1 heterocycles. The van der Waals surface area contributed by atoms with Gasteiger partial charge in [0, 0.05) is 0 Å². The summed E-state index contributed by atoms with van der Waals surface area (Å²) in [6.45, 7) is 2.11. The van der Waals surface area contributed by atoms with Crippen molar-refractivity contribution in [3.05, 3.63) is 10.7 Å². The molecule has 0 amide bonds. The molecule has 0 fully saturated rings. The van der Waals surface area contributed by atoms with Crippen LogP contribution in [0, 0.1) is 0 Å². The minimum absolute atomic E-state index is 0.365. The third-order valence-electron chi connectivity index (χ3n) is 1.10. The van der Waals surface area contributed by atoms with Crippen molar-refractivity contribution in [2.75, 3.05) is 6.61 Å². The van der Waals surface area contributed by atoms with Crippen molar-refractivity contribution in [2.24, 2.45) is 0 Å². The van der Waals surface area contributed by atoms with Crippen LogP contribution in [0.3, 0.4) is 0 Å². The lowest BCUT2D eigenvalue weighted by Gasteiger charge is -2.04. The Kier molecular flexibility index (Phi) is 2.90. The topological polar surface area (TPSA) is 47.6 Å². The van der Waals surface area contributed by atoms with Gasteiger partial charge in [-0.05, 0) is 28.9 Å². The van der Waals surface area contributed by atoms with E-state index in [1.807, 2.05) is 0 Å². The van der Waals surface area contributed by atoms with Gasteiger partial charge in [0.25, 0.3) is 0 Å². The van der Waals surface area contributed by atoms with Gasteiger partial charge in [-0.1, -0.05) is 0 Å². The number of halogens is 1. The highest BCUT2D eigenvalue weighted by atomic mass is 79.9. The Hall–Kier alpha value is -0.550. The van der Waals surface area contributed by atoms with Crippen LogP contribution in [0.1, 0.15) is 6.92 Å². The van der Waals surface area contributed by atoms with E-state index in [-0.39, 0.29) is 5.97 Å². The Morgan fingerprint density at radius 2 is 2.73 bits per heavy atom. The largest absolute Gasteiger partial charge is 0.464 e.